The van der Waals surface area contributed by atoms with Gasteiger partial charge in [-0.3, -0.25) is 0 Å². The van der Waals surface area contributed by atoms with E-state index in [2.05, 4.69) is 0 Å². The molecular formula is C10H13O3P. The van der Waals surface area contributed by atoms with Crippen molar-refractivity contribution in [3.8, 4) is 0 Å². The predicted molar refractivity (Wildman–Crippen MR) is 54.7 cm³/mol. The first-order valence-electron chi connectivity index (χ1n) is 4.68. The van der Waals surface area contributed by atoms with Crippen LogP contribution in [0.5, 0.6) is 0 Å². The van der Waals surface area contributed by atoms with Crippen molar-refractivity contribution < 1.29 is 13.6 Å². The minimum Gasteiger partial charge on any atom is -0.312 e. The van der Waals surface area contributed by atoms with E-state index >= 15 is 0 Å². The molecule has 0 aliphatic carbocycles. The zero-order valence-corrected chi connectivity index (χ0v) is 8.78. The minimum absolute atomic E-state index is 0.562. The molecule has 4 heteroatoms. The van der Waals surface area contributed by atoms with E-state index in [1.165, 1.54) is 0 Å². The average Bonchev–Trinajstić information content (AvgIpc) is 2.29. The minimum atomic E-state index is -1.10. The van der Waals surface area contributed by atoms with Crippen LogP contribution in [0.3, 0.4) is 0 Å². The van der Waals surface area contributed by atoms with E-state index in [9.17, 15) is 0 Å². The van der Waals surface area contributed by atoms with E-state index in [1.54, 1.807) is 0 Å². The third-order valence-corrected chi connectivity index (χ3v) is 2.99. The van der Waals surface area contributed by atoms with Crippen LogP contribution in [0.1, 0.15) is 12.0 Å². The summed E-state index contributed by atoms with van der Waals surface area (Å²) in [5, 5.41) is 0. The Bertz CT molecular complexity index is 259. The number of hydrogen-bond donors (Lipinski definition) is 0. The summed E-state index contributed by atoms with van der Waals surface area (Å²) in [5.41, 5.74) is 1.15. The Hall–Kier alpha value is -0.470. The van der Waals surface area contributed by atoms with E-state index in [0.29, 0.717) is 6.61 Å². The van der Waals surface area contributed by atoms with Gasteiger partial charge in [0.15, 0.2) is 0 Å². The van der Waals surface area contributed by atoms with Gasteiger partial charge in [0.1, 0.15) is 0 Å². The van der Waals surface area contributed by atoms with E-state index in [0.717, 1.165) is 25.2 Å². The summed E-state index contributed by atoms with van der Waals surface area (Å²) in [7, 11) is -1.10. The predicted octanol–water partition coefficient (Wildman–Crippen LogP) is 2.87. The molecular weight excluding hydrogens is 199 g/mol. The highest BCUT2D eigenvalue weighted by Crippen LogP contribution is 2.42. The summed E-state index contributed by atoms with van der Waals surface area (Å²) >= 11 is 0. The van der Waals surface area contributed by atoms with Gasteiger partial charge in [-0.1, -0.05) is 30.3 Å². The van der Waals surface area contributed by atoms with E-state index in [-0.39, 0.29) is 0 Å². The Balaban J connectivity index is 1.76. The summed E-state index contributed by atoms with van der Waals surface area (Å²) in [6.45, 7) is 2.06. The molecule has 0 N–H and O–H groups in total. The van der Waals surface area contributed by atoms with Gasteiger partial charge >= 0.3 is 8.60 Å². The maximum Gasteiger partial charge on any atom is 0.332 e. The second-order valence-electron chi connectivity index (χ2n) is 3.00. The normalized spacial score (nSPS) is 18.3. The molecule has 76 valence electrons. The Morgan fingerprint density at radius 1 is 1.14 bits per heavy atom. The van der Waals surface area contributed by atoms with Crippen LogP contribution in [-0.4, -0.2) is 13.2 Å². The van der Waals surface area contributed by atoms with Gasteiger partial charge in [0, 0.05) is 0 Å². The molecule has 1 aromatic carbocycles. The molecule has 0 bridgehead atoms. The van der Waals surface area contributed by atoms with Crippen molar-refractivity contribution >= 4 is 8.60 Å². The first-order valence-corrected chi connectivity index (χ1v) is 5.77. The molecule has 1 saturated heterocycles. The highest BCUT2D eigenvalue weighted by molar-refractivity contribution is 7.41. The molecule has 1 aliphatic heterocycles. The Labute approximate surface area is 85.0 Å². The molecule has 0 amide bonds. The van der Waals surface area contributed by atoms with E-state index < -0.39 is 8.60 Å². The second-order valence-corrected chi connectivity index (χ2v) is 4.22. The molecule has 1 heterocycles. The third kappa shape index (κ3) is 3.03. The van der Waals surface area contributed by atoms with Crippen molar-refractivity contribution in [1.29, 1.82) is 0 Å². The van der Waals surface area contributed by atoms with Gasteiger partial charge in [0.05, 0.1) is 19.8 Å². The molecule has 1 fully saturated rings. The van der Waals surface area contributed by atoms with E-state index in [4.69, 9.17) is 13.6 Å². The second kappa shape index (κ2) is 5.42. The van der Waals surface area contributed by atoms with Crippen LogP contribution >= 0.6 is 8.60 Å². The summed E-state index contributed by atoms with van der Waals surface area (Å²) in [6, 6.07) is 10.0. The zero-order chi connectivity index (χ0) is 9.64. The first-order chi connectivity index (χ1) is 6.95. The Morgan fingerprint density at radius 3 is 2.57 bits per heavy atom. The lowest BCUT2D eigenvalue weighted by atomic mass is 10.2. The number of rotatable bonds is 3. The van der Waals surface area contributed by atoms with Gasteiger partial charge in [-0.2, -0.15) is 0 Å². The SMILES string of the molecule is c1ccc(COP2OCCCO2)cc1. The number of hydrogen-bond acceptors (Lipinski definition) is 3. The van der Waals surface area contributed by atoms with Gasteiger partial charge in [0.25, 0.3) is 0 Å². The molecule has 0 spiro atoms. The van der Waals surface area contributed by atoms with Crippen molar-refractivity contribution in [3.63, 3.8) is 0 Å². The monoisotopic (exact) mass is 212 g/mol. The van der Waals surface area contributed by atoms with Gasteiger partial charge in [-0.15, -0.1) is 0 Å². The lowest BCUT2D eigenvalue weighted by Crippen LogP contribution is -2.06. The van der Waals surface area contributed by atoms with Crippen LogP contribution in [0, 0.1) is 0 Å². The van der Waals surface area contributed by atoms with Crippen LogP contribution in [0.25, 0.3) is 0 Å². The maximum atomic E-state index is 5.49. The molecule has 2 rings (SSSR count). The van der Waals surface area contributed by atoms with Gasteiger partial charge in [-0.05, 0) is 12.0 Å². The summed E-state index contributed by atoms with van der Waals surface area (Å²) < 4.78 is 16.1. The van der Waals surface area contributed by atoms with E-state index in [1.807, 2.05) is 30.3 Å². The average molecular weight is 212 g/mol. The molecule has 0 atom stereocenters. The van der Waals surface area contributed by atoms with Crippen LogP contribution in [0.2, 0.25) is 0 Å². The summed E-state index contributed by atoms with van der Waals surface area (Å²) in [5.74, 6) is 0. The van der Waals surface area contributed by atoms with Crippen molar-refractivity contribution in [1.82, 2.24) is 0 Å². The molecule has 0 unspecified atom stereocenters. The van der Waals surface area contributed by atoms with Crippen LogP contribution in [0.15, 0.2) is 30.3 Å². The molecule has 1 aromatic rings. The highest BCUT2D eigenvalue weighted by atomic mass is 31.2. The van der Waals surface area contributed by atoms with Crippen molar-refractivity contribution in [3.05, 3.63) is 35.9 Å². The van der Waals surface area contributed by atoms with Crippen LogP contribution in [0.4, 0.5) is 0 Å². The molecule has 14 heavy (non-hydrogen) atoms. The quantitative estimate of drug-likeness (QED) is 0.721. The standard InChI is InChI=1S/C10H13O3P/c1-2-5-10(6-3-1)9-13-14-11-7-4-8-12-14/h1-3,5-6H,4,7-9H2. The fraction of sp³-hybridized carbons (Fsp3) is 0.400. The van der Waals surface area contributed by atoms with Crippen molar-refractivity contribution in [2.24, 2.45) is 0 Å². The van der Waals surface area contributed by atoms with Gasteiger partial charge in [0.2, 0.25) is 0 Å². The van der Waals surface area contributed by atoms with Gasteiger partial charge in [-0.25, -0.2) is 0 Å². The first kappa shape index (κ1) is 10.1. The smallest absolute Gasteiger partial charge is 0.312 e. The lowest BCUT2D eigenvalue weighted by Gasteiger charge is -2.20. The van der Waals surface area contributed by atoms with Crippen LogP contribution < -0.4 is 0 Å². The Morgan fingerprint density at radius 2 is 1.86 bits per heavy atom. The Kier molecular flexibility index (Phi) is 3.90. The summed E-state index contributed by atoms with van der Waals surface area (Å²) in [4.78, 5) is 0. The molecule has 1 aliphatic rings. The fourth-order valence-electron chi connectivity index (χ4n) is 1.15. The fourth-order valence-corrected chi connectivity index (χ4v) is 2.18. The van der Waals surface area contributed by atoms with Crippen molar-refractivity contribution in [2.45, 2.75) is 13.0 Å². The summed E-state index contributed by atoms with van der Waals surface area (Å²) in [6.07, 6.45) is 0.966. The molecule has 0 aromatic heterocycles. The third-order valence-electron chi connectivity index (χ3n) is 1.86. The zero-order valence-electron chi connectivity index (χ0n) is 7.89. The molecule has 0 radical (unpaired) electrons. The van der Waals surface area contributed by atoms with Crippen molar-refractivity contribution in [2.75, 3.05) is 13.2 Å². The van der Waals surface area contributed by atoms with Gasteiger partial charge < -0.3 is 13.6 Å². The largest absolute Gasteiger partial charge is 0.332 e. The molecule has 0 saturated carbocycles. The molecule has 3 nitrogen and oxygen atoms in total. The lowest BCUT2D eigenvalue weighted by molar-refractivity contribution is 0.111. The van der Waals surface area contributed by atoms with Crippen LogP contribution in [-0.2, 0) is 20.2 Å². The number of benzene rings is 1. The topological polar surface area (TPSA) is 27.7 Å². The highest BCUT2D eigenvalue weighted by Gasteiger charge is 2.16. The maximum absolute atomic E-state index is 5.49.